The zero-order valence-corrected chi connectivity index (χ0v) is 30.3. The second-order valence-electron chi connectivity index (χ2n) is 14.2. The first-order chi connectivity index (χ1) is 27.8. The second kappa shape index (κ2) is 13.1. The number of hydrogen-bond acceptors (Lipinski definition) is 4. The Balaban J connectivity index is 1.12. The minimum absolute atomic E-state index is 0.0128. The molecule has 3 aromatic heterocycles. The van der Waals surface area contributed by atoms with Gasteiger partial charge in [0, 0.05) is 44.1 Å². The van der Waals surface area contributed by atoms with Crippen molar-refractivity contribution < 1.29 is 0 Å². The van der Waals surface area contributed by atoms with Gasteiger partial charge in [0.05, 0.1) is 28.1 Å². The summed E-state index contributed by atoms with van der Waals surface area (Å²) in [4.78, 5) is 15.7. The lowest BCUT2D eigenvalue weighted by atomic mass is 9.99. The molecule has 6 nitrogen and oxygen atoms in total. The molecule has 6 heteroatoms. The van der Waals surface area contributed by atoms with Crippen molar-refractivity contribution in [2.75, 3.05) is 0 Å². The molecule has 1 aliphatic heterocycles. The maximum Gasteiger partial charge on any atom is 0.238 e. The van der Waals surface area contributed by atoms with Gasteiger partial charge in [-0.2, -0.15) is 9.97 Å². The summed E-state index contributed by atoms with van der Waals surface area (Å²) in [5.74, 6) is 1.79. The highest BCUT2D eigenvalue weighted by Gasteiger charge is 2.22. The molecule has 0 spiro atoms. The van der Waals surface area contributed by atoms with Gasteiger partial charge in [-0.1, -0.05) is 146 Å². The first-order valence-corrected chi connectivity index (χ1v) is 18.9. The summed E-state index contributed by atoms with van der Waals surface area (Å²) in [5, 5.41) is 8.44. The Kier molecular flexibility index (Phi) is 7.45. The van der Waals surface area contributed by atoms with E-state index < -0.39 is 0 Å². The van der Waals surface area contributed by atoms with E-state index in [-0.39, 0.29) is 6.04 Å². The van der Waals surface area contributed by atoms with Crippen molar-refractivity contribution in [3.63, 3.8) is 0 Å². The summed E-state index contributed by atoms with van der Waals surface area (Å²) >= 11 is 0. The van der Waals surface area contributed by atoms with Gasteiger partial charge < -0.3 is 9.88 Å². The molecule has 56 heavy (non-hydrogen) atoms. The topological polar surface area (TPSA) is 60.6 Å². The van der Waals surface area contributed by atoms with Crippen LogP contribution in [0.1, 0.15) is 17.2 Å². The standard InChI is InChI=1S/C50H34N6/c1-4-16-33(17-5-1)42-26-15-27-43(51-42)35-20-14-21-36(30-35)49-52-48(34-18-6-2-7-19-34)53-50(54-49)56-45-29-13-11-25-39(45)41-31-40-38-24-10-12-28-44(38)55(46(40)32-47(41)56)37-22-8-3-9-23-37/h1-32,43,51H. The smallest absolute Gasteiger partial charge is 0.238 e. The van der Waals surface area contributed by atoms with E-state index in [1.54, 1.807) is 0 Å². The average Bonchev–Trinajstić information content (AvgIpc) is 3.78. The van der Waals surface area contributed by atoms with Gasteiger partial charge in [0.1, 0.15) is 0 Å². The van der Waals surface area contributed by atoms with Crippen LogP contribution in [0.4, 0.5) is 0 Å². The van der Waals surface area contributed by atoms with Gasteiger partial charge >= 0.3 is 0 Å². The molecule has 1 unspecified atom stereocenters. The Morgan fingerprint density at radius 3 is 1.71 bits per heavy atom. The molecule has 0 radical (unpaired) electrons. The summed E-state index contributed by atoms with van der Waals surface area (Å²) < 4.78 is 4.57. The molecule has 0 aliphatic carbocycles. The molecule has 1 aliphatic rings. The van der Waals surface area contributed by atoms with Crippen LogP contribution in [0.3, 0.4) is 0 Å². The highest BCUT2D eigenvalue weighted by atomic mass is 15.2. The van der Waals surface area contributed by atoms with Crippen molar-refractivity contribution in [3.05, 3.63) is 205 Å². The Morgan fingerprint density at radius 1 is 0.429 bits per heavy atom. The maximum absolute atomic E-state index is 5.31. The maximum atomic E-state index is 5.31. The third-order valence-corrected chi connectivity index (χ3v) is 10.8. The van der Waals surface area contributed by atoms with Crippen LogP contribution in [0.25, 0.3) is 83.7 Å². The monoisotopic (exact) mass is 718 g/mol. The van der Waals surface area contributed by atoms with Crippen LogP contribution in [0.15, 0.2) is 194 Å². The lowest BCUT2D eigenvalue weighted by Crippen LogP contribution is -2.20. The van der Waals surface area contributed by atoms with E-state index in [2.05, 4.69) is 184 Å². The van der Waals surface area contributed by atoms with Gasteiger partial charge in [0.2, 0.25) is 5.95 Å². The highest BCUT2D eigenvalue weighted by Crippen LogP contribution is 2.39. The van der Waals surface area contributed by atoms with Crippen molar-refractivity contribution in [3.8, 4) is 34.4 Å². The van der Waals surface area contributed by atoms with Crippen molar-refractivity contribution in [2.45, 2.75) is 6.04 Å². The Bertz CT molecular complexity index is 3160. The molecule has 0 amide bonds. The Morgan fingerprint density at radius 2 is 1.00 bits per heavy atom. The molecule has 4 heterocycles. The molecule has 11 rings (SSSR count). The van der Waals surface area contributed by atoms with E-state index in [1.165, 1.54) is 16.3 Å². The molecule has 264 valence electrons. The van der Waals surface area contributed by atoms with E-state index >= 15 is 0 Å². The zero-order chi connectivity index (χ0) is 37.0. The van der Waals surface area contributed by atoms with Crippen LogP contribution in [0.5, 0.6) is 0 Å². The predicted octanol–water partition coefficient (Wildman–Crippen LogP) is 11.6. The van der Waals surface area contributed by atoms with Gasteiger partial charge in [-0.3, -0.25) is 4.57 Å². The van der Waals surface area contributed by atoms with Crippen LogP contribution in [-0.2, 0) is 0 Å². The quantitative estimate of drug-likeness (QED) is 0.186. The summed E-state index contributed by atoms with van der Waals surface area (Å²) in [6.07, 6.45) is 6.44. The lowest BCUT2D eigenvalue weighted by molar-refractivity contribution is 0.764. The number of fused-ring (bicyclic) bond motifs is 6. The van der Waals surface area contributed by atoms with Gasteiger partial charge in [0.15, 0.2) is 11.6 Å². The number of aromatic nitrogens is 5. The minimum Gasteiger partial charge on any atom is -0.374 e. The number of nitrogens with one attached hydrogen (secondary N) is 1. The molecular weight excluding hydrogens is 685 g/mol. The van der Waals surface area contributed by atoms with Gasteiger partial charge in [-0.25, -0.2) is 4.98 Å². The molecule has 10 aromatic rings. The van der Waals surface area contributed by atoms with Crippen molar-refractivity contribution >= 4 is 49.3 Å². The third kappa shape index (κ3) is 5.30. The number of rotatable bonds is 6. The normalized spacial score (nSPS) is 14.1. The van der Waals surface area contributed by atoms with E-state index in [0.717, 1.165) is 61.0 Å². The third-order valence-electron chi connectivity index (χ3n) is 10.8. The molecule has 0 fully saturated rings. The predicted molar refractivity (Wildman–Crippen MR) is 229 cm³/mol. The molecule has 0 saturated heterocycles. The SMILES string of the molecule is C1=CC(c2cccc(-c3nc(-c4ccccc4)nc(-n4c5ccccc5c5cc6c7ccccc7n(-c7ccccc7)c6cc54)n3)c2)NC(c2ccccc2)=C1. The van der Waals surface area contributed by atoms with Gasteiger partial charge in [-0.15, -0.1) is 0 Å². The van der Waals surface area contributed by atoms with Crippen LogP contribution >= 0.6 is 0 Å². The largest absolute Gasteiger partial charge is 0.374 e. The fraction of sp³-hybridized carbons (Fsp3) is 0.0200. The van der Waals surface area contributed by atoms with E-state index in [1.807, 2.05) is 24.3 Å². The first-order valence-electron chi connectivity index (χ1n) is 18.9. The number of allylic oxidation sites excluding steroid dienone is 2. The Hall–Kier alpha value is -7.57. The zero-order valence-electron chi connectivity index (χ0n) is 30.3. The molecular formula is C50H34N6. The van der Waals surface area contributed by atoms with E-state index in [0.29, 0.717) is 17.6 Å². The first kappa shape index (κ1) is 31.9. The van der Waals surface area contributed by atoms with Crippen LogP contribution in [0.2, 0.25) is 0 Å². The number of hydrogen-bond donors (Lipinski definition) is 1. The molecule has 0 saturated carbocycles. The van der Waals surface area contributed by atoms with Crippen molar-refractivity contribution in [2.24, 2.45) is 0 Å². The minimum atomic E-state index is -0.0128. The fourth-order valence-electron chi connectivity index (χ4n) is 8.20. The summed E-state index contributed by atoms with van der Waals surface area (Å²) in [5.41, 5.74) is 10.7. The van der Waals surface area contributed by atoms with Crippen LogP contribution in [0, 0.1) is 0 Å². The van der Waals surface area contributed by atoms with Crippen LogP contribution in [-0.4, -0.2) is 24.1 Å². The highest BCUT2D eigenvalue weighted by molar-refractivity contribution is 6.19. The van der Waals surface area contributed by atoms with Gasteiger partial charge in [-0.05, 0) is 59.7 Å². The molecule has 7 aromatic carbocycles. The summed E-state index contributed by atoms with van der Waals surface area (Å²) in [7, 11) is 0. The fourth-order valence-corrected chi connectivity index (χ4v) is 8.20. The van der Waals surface area contributed by atoms with Gasteiger partial charge in [0.25, 0.3) is 0 Å². The van der Waals surface area contributed by atoms with Crippen molar-refractivity contribution in [1.29, 1.82) is 0 Å². The Labute approximate surface area is 323 Å². The summed E-state index contributed by atoms with van der Waals surface area (Å²) in [6.45, 7) is 0. The molecule has 0 bridgehead atoms. The van der Waals surface area contributed by atoms with E-state index in [9.17, 15) is 0 Å². The number of nitrogens with zero attached hydrogens (tertiary/aromatic N) is 5. The van der Waals surface area contributed by atoms with Crippen molar-refractivity contribution in [1.82, 2.24) is 29.4 Å². The number of benzene rings is 7. The van der Waals surface area contributed by atoms with Crippen LogP contribution < -0.4 is 5.32 Å². The lowest BCUT2D eigenvalue weighted by Gasteiger charge is -2.23. The number of dihydropyridines is 1. The molecule has 1 atom stereocenters. The summed E-state index contributed by atoms with van der Waals surface area (Å²) in [6, 6.07) is 61.6. The molecule has 1 N–H and O–H groups in total. The average molecular weight is 719 g/mol. The second-order valence-corrected chi connectivity index (χ2v) is 14.2. The number of para-hydroxylation sites is 3. The van der Waals surface area contributed by atoms with E-state index in [4.69, 9.17) is 15.0 Å².